The normalized spacial score (nSPS) is 20.0. The van der Waals surface area contributed by atoms with E-state index in [4.69, 9.17) is 5.73 Å². The van der Waals surface area contributed by atoms with Crippen molar-refractivity contribution >= 4 is 22.5 Å². The molecule has 0 bridgehead atoms. The number of aromatic nitrogens is 1. The summed E-state index contributed by atoms with van der Waals surface area (Å²) in [6, 6.07) is 18.4. The van der Waals surface area contributed by atoms with Crippen molar-refractivity contribution in [1.29, 1.82) is 0 Å². The first-order valence-corrected chi connectivity index (χ1v) is 8.94. The molecule has 1 aliphatic rings. The second-order valence-electron chi connectivity index (χ2n) is 6.69. The first-order valence-electron chi connectivity index (χ1n) is 8.94. The smallest absolute Gasteiger partial charge is 0.250 e. The summed E-state index contributed by atoms with van der Waals surface area (Å²) in [6.07, 6.45) is 2.81. The van der Waals surface area contributed by atoms with Crippen molar-refractivity contribution in [3.05, 3.63) is 71.9 Å². The molecule has 0 radical (unpaired) electrons. The summed E-state index contributed by atoms with van der Waals surface area (Å²) < 4.78 is 0. The summed E-state index contributed by atoms with van der Waals surface area (Å²) in [5, 5.41) is 8.08. The second-order valence-corrected chi connectivity index (χ2v) is 6.69. The predicted octanol–water partition coefficient (Wildman–Crippen LogP) is 2.89. The molecule has 1 amide bonds. The van der Waals surface area contributed by atoms with Crippen LogP contribution in [-0.2, 0) is 0 Å². The number of piperidine rings is 1. The number of primary amides is 1. The first-order chi connectivity index (χ1) is 12.7. The molecule has 0 saturated carbocycles. The highest BCUT2D eigenvalue weighted by Gasteiger charge is 2.26. The van der Waals surface area contributed by atoms with E-state index in [0.717, 1.165) is 30.6 Å². The highest BCUT2D eigenvalue weighted by atomic mass is 16.1. The van der Waals surface area contributed by atoms with Crippen molar-refractivity contribution in [3.8, 4) is 0 Å². The molecular weight excluding hydrogens is 324 g/mol. The molecule has 26 heavy (non-hydrogen) atoms. The van der Waals surface area contributed by atoms with E-state index in [1.54, 1.807) is 12.3 Å². The van der Waals surface area contributed by atoms with E-state index in [-0.39, 0.29) is 6.04 Å². The monoisotopic (exact) mass is 346 g/mol. The fraction of sp³-hybridized carbons (Fsp3) is 0.238. The number of nitrogens with zero attached hydrogens (tertiary/aromatic N) is 1. The Kier molecular flexibility index (Phi) is 4.54. The van der Waals surface area contributed by atoms with E-state index in [2.05, 4.69) is 45.9 Å². The van der Waals surface area contributed by atoms with Crippen LogP contribution in [0.3, 0.4) is 0 Å². The summed E-state index contributed by atoms with van der Waals surface area (Å²) in [4.78, 5) is 16.1. The number of anilines is 1. The van der Waals surface area contributed by atoms with Crippen LogP contribution < -0.4 is 16.4 Å². The highest BCUT2D eigenvalue weighted by molar-refractivity contribution is 6.07. The molecule has 4 rings (SSSR count). The van der Waals surface area contributed by atoms with Gasteiger partial charge in [-0.05, 0) is 30.7 Å². The number of para-hydroxylation sites is 1. The Morgan fingerprint density at radius 3 is 2.77 bits per heavy atom. The summed E-state index contributed by atoms with van der Waals surface area (Å²) in [7, 11) is 0. The molecule has 2 heterocycles. The minimum absolute atomic E-state index is 0.258. The third kappa shape index (κ3) is 3.13. The van der Waals surface area contributed by atoms with E-state index in [0.29, 0.717) is 17.0 Å². The molecule has 1 saturated heterocycles. The molecule has 2 atom stereocenters. The van der Waals surface area contributed by atoms with E-state index >= 15 is 0 Å². The lowest BCUT2D eigenvalue weighted by atomic mass is 9.86. The summed E-state index contributed by atoms with van der Waals surface area (Å²) in [5.41, 5.74) is 8.93. The molecule has 1 fully saturated rings. The summed E-state index contributed by atoms with van der Waals surface area (Å²) in [5.74, 6) is -0.0262. The van der Waals surface area contributed by atoms with Gasteiger partial charge in [-0.15, -0.1) is 0 Å². The molecular formula is C21H22N4O. The van der Waals surface area contributed by atoms with Crippen LogP contribution in [0.2, 0.25) is 0 Å². The molecule has 1 aliphatic heterocycles. The maximum atomic E-state index is 11.7. The average Bonchev–Trinajstić information content (AvgIpc) is 2.69. The lowest BCUT2D eigenvalue weighted by molar-refractivity contribution is 0.100. The molecule has 0 spiro atoms. The Morgan fingerprint density at radius 2 is 1.96 bits per heavy atom. The fourth-order valence-electron chi connectivity index (χ4n) is 3.81. The third-order valence-electron chi connectivity index (χ3n) is 5.09. The van der Waals surface area contributed by atoms with Crippen LogP contribution in [0.1, 0.15) is 28.3 Å². The minimum atomic E-state index is -0.457. The molecule has 5 heteroatoms. The molecule has 1 unspecified atom stereocenters. The quantitative estimate of drug-likeness (QED) is 0.679. The van der Waals surface area contributed by atoms with E-state index in [1.807, 2.05) is 18.2 Å². The van der Waals surface area contributed by atoms with Crippen LogP contribution in [0.4, 0.5) is 5.69 Å². The van der Waals surface area contributed by atoms with Crippen molar-refractivity contribution in [3.63, 3.8) is 0 Å². The molecule has 5 nitrogen and oxygen atoms in total. The predicted molar refractivity (Wildman–Crippen MR) is 104 cm³/mol. The van der Waals surface area contributed by atoms with Crippen molar-refractivity contribution < 1.29 is 4.79 Å². The van der Waals surface area contributed by atoms with Gasteiger partial charge in [0.15, 0.2) is 0 Å². The zero-order valence-electron chi connectivity index (χ0n) is 14.5. The van der Waals surface area contributed by atoms with Gasteiger partial charge in [-0.2, -0.15) is 0 Å². The summed E-state index contributed by atoms with van der Waals surface area (Å²) >= 11 is 0. The van der Waals surface area contributed by atoms with Crippen molar-refractivity contribution in [2.45, 2.75) is 18.4 Å². The third-order valence-corrected chi connectivity index (χ3v) is 5.09. The number of fused-ring (bicyclic) bond motifs is 1. The zero-order chi connectivity index (χ0) is 17.9. The number of carbonyl (C=O) groups excluding carboxylic acids is 1. The Hall–Kier alpha value is -2.92. The Labute approximate surface area is 152 Å². The first kappa shape index (κ1) is 16.5. The van der Waals surface area contributed by atoms with Gasteiger partial charge in [0.1, 0.15) is 0 Å². The minimum Gasteiger partial charge on any atom is -0.380 e. The SMILES string of the molecule is NC(=O)c1cccc2c(N[C@@H]3CNCCC3c3ccccc3)ccnc12. The van der Waals surface area contributed by atoms with Crippen LogP contribution >= 0.6 is 0 Å². The number of rotatable bonds is 4. The van der Waals surface area contributed by atoms with Crippen LogP contribution in [0.25, 0.3) is 10.9 Å². The average molecular weight is 346 g/mol. The lowest BCUT2D eigenvalue weighted by Crippen LogP contribution is -2.44. The van der Waals surface area contributed by atoms with Crippen molar-refractivity contribution in [2.75, 3.05) is 18.4 Å². The Morgan fingerprint density at radius 1 is 1.12 bits per heavy atom. The number of nitrogens with two attached hydrogens (primary N) is 1. The Balaban J connectivity index is 1.70. The maximum Gasteiger partial charge on any atom is 0.250 e. The summed E-state index contributed by atoms with van der Waals surface area (Å²) in [6.45, 7) is 1.90. The number of amides is 1. The van der Waals surface area contributed by atoms with Crippen LogP contribution in [-0.4, -0.2) is 30.0 Å². The van der Waals surface area contributed by atoms with Crippen LogP contribution in [0, 0.1) is 0 Å². The standard InChI is InChI=1S/C21H22N4O/c22-21(26)17-8-4-7-16-18(10-12-24-20(16)17)25-19-13-23-11-9-15(19)14-5-2-1-3-6-14/h1-8,10,12,15,19,23H,9,11,13H2,(H2,22,26)(H,24,25)/t15?,19-/m1/s1. The molecule has 4 N–H and O–H groups in total. The Bertz CT molecular complexity index is 926. The van der Waals surface area contributed by atoms with Gasteiger partial charge >= 0.3 is 0 Å². The van der Waals surface area contributed by atoms with Gasteiger partial charge in [0, 0.05) is 35.8 Å². The van der Waals surface area contributed by atoms with Crippen molar-refractivity contribution in [2.24, 2.45) is 5.73 Å². The zero-order valence-corrected chi connectivity index (χ0v) is 14.5. The molecule has 3 aromatic rings. The fourth-order valence-corrected chi connectivity index (χ4v) is 3.81. The van der Waals surface area contributed by atoms with E-state index in [9.17, 15) is 4.79 Å². The van der Waals surface area contributed by atoms with Gasteiger partial charge in [-0.3, -0.25) is 9.78 Å². The van der Waals surface area contributed by atoms with Crippen LogP contribution in [0.5, 0.6) is 0 Å². The van der Waals surface area contributed by atoms with Gasteiger partial charge in [0.2, 0.25) is 0 Å². The second kappa shape index (κ2) is 7.14. The molecule has 2 aromatic carbocycles. The molecule has 1 aromatic heterocycles. The number of nitrogens with one attached hydrogen (secondary N) is 2. The topological polar surface area (TPSA) is 80.0 Å². The van der Waals surface area contributed by atoms with Gasteiger partial charge in [0.05, 0.1) is 11.1 Å². The van der Waals surface area contributed by atoms with Gasteiger partial charge in [-0.25, -0.2) is 0 Å². The lowest BCUT2D eigenvalue weighted by Gasteiger charge is -2.34. The van der Waals surface area contributed by atoms with Gasteiger partial charge in [-0.1, -0.05) is 42.5 Å². The molecule has 132 valence electrons. The number of carbonyl (C=O) groups is 1. The van der Waals surface area contributed by atoms with E-state index in [1.165, 1.54) is 5.56 Å². The maximum absolute atomic E-state index is 11.7. The number of hydrogen-bond acceptors (Lipinski definition) is 4. The number of benzene rings is 2. The van der Waals surface area contributed by atoms with E-state index < -0.39 is 5.91 Å². The van der Waals surface area contributed by atoms with Gasteiger partial charge < -0.3 is 16.4 Å². The number of hydrogen-bond donors (Lipinski definition) is 3. The number of pyridine rings is 1. The molecule has 0 aliphatic carbocycles. The van der Waals surface area contributed by atoms with Gasteiger partial charge in [0.25, 0.3) is 5.91 Å². The van der Waals surface area contributed by atoms with Crippen molar-refractivity contribution in [1.82, 2.24) is 10.3 Å². The largest absolute Gasteiger partial charge is 0.380 e. The van der Waals surface area contributed by atoms with Crippen LogP contribution in [0.15, 0.2) is 60.8 Å². The highest BCUT2D eigenvalue weighted by Crippen LogP contribution is 2.30.